The van der Waals surface area contributed by atoms with Crippen molar-refractivity contribution in [3.05, 3.63) is 73.4 Å². The van der Waals surface area contributed by atoms with Crippen LogP contribution in [-0.4, -0.2) is 17.5 Å². The number of hydrogen-bond donors (Lipinski definition) is 1. The lowest BCUT2D eigenvalue weighted by atomic mass is 10.1. The zero-order valence-corrected chi connectivity index (χ0v) is 20.3. The standard InChI is InChI=1S/C23H15Cl4FN2O3/c1-10-19(25)11(2)21(27)22(20(10)26)32-9-18(31)29-13-4-6-17-16(8-13)30-23(33-17)14-5-3-12(28)7-15(14)24/h3-8H,9H2,1-2H3,(H,29,31). The summed E-state index contributed by atoms with van der Waals surface area (Å²) in [6.07, 6.45) is 0. The van der Waals surface area contributed by atoms with E-state index >= 15 is 0 Å². The van der Waals surface area contributed by atoms with Crippen molar-refractivity contribution < 1.29 is 18.3 Å². The molecule has 0 bridgehead atoms. The van der Waals surface area contributed by atoms with Gasteiger partial charge in [-0.3, -0.25) is 4.79 Å². The molecule has 170 valence electrons. The third kappa shape index (κ3) is 4.75. The zero-order valence-electron chi connectivity index (χ0n) is 17.2. The van der Waals surface area contributed by atoms with Crippen molar-refractivity contribution in [3.63, 3.8) is 0 Å². The van der Waals surface area contributed by atoms with E-state index in [1.165, 1.54) is 18.2 Å². The van der Waals surface area contributed by atoms with E-state index in [2.05, 4.69) is 10.3 Å². The van der Waals surface area contributed by atoms with E-state index in [0.717, 1.165) is 0 Å². The molecular formula is C23H15Cl4FN2O3. The summed E-state index contributed by atoms with van der Waals surface area (Å²) in [5.41, 5.74) is 3.12. The molecule has 1 aromatic heterocycles. The molecule has 4 rings (SSSR count). The number of aromatic nitrogens is 1. The van der Waals surface area contributed by atoms with Crippen molar-refractivity contribution in [2.45, 2.75) is 13.8 Å². The zero-order chi connectivity index (χ0) is 23.9. The maximum absolute atomic E-state index is 13.3. The molecule has 0 fully saturated rings. The fraction of sp³-hybridized carbons (Fsp3) is 0.130. The van der Waals surface area contributed by atoms with E-state index in [1.54, 1.807) is 32.0 Å². The highest BCUT2D eigenvalue weighted by Gasteiger charge is 2.19. The Morgan fingerprint density at radius 2 is 1.73 bits per heavy atom. The van der Waals surface area contributed by atoms with Crippen LogP contribution in [0.3, 0.4) is 0 Å². The van der Waals surface area contributed by atoms with Crippen molar-refractivity contribution >= 4 is 69.1 Å². The average Bonchev–Trinajstić information content (AvgIpc) is 3.19. The van der Waals surface area contributed by atoms with Gasteiger partial charge in [0.15, 0.2) is 17.9 Å². The maximum Gasteiger partial charge on any atom is 0.262 e. The first-order valence-corrected chi connectivity index (χ1v) is 11.1. The van der Waals surface area contributed by atoms with Gasteiger partial charge in [-0.15, -0.1) is 0 Å². The number of nitrogens with one attached hydrogen (secondary N) is 1. The average molecular weight is 528 g/mol. The molecule has 0 atom stereocenters. The van der Waals surface area contributed by atoms with E-state index in [9.17, 15) is 9.18 Å². The molecule has 5 nitrogen and oxygen atoms in total. The van der Waals surface area contributed by atoms with Crippen molar-refractivity contribution in [2.24, 2.45) is 0 Å². The van der Waals surface area contributed by atoms with Crippen molar-refractivity contribution in [1.29, 1.82) is 0 Å². The highest BCUT2D eigenvalue weighted by molar-refractivity contribution is 6.42. The Labute approximate surface area is 208 Å². The van der Waals surface area contributed by atoms with Crippen LogP contribution in [0.5, 0.6) is 5.75 Å². The van der Waals surface area contributed by atoms with Gasteiger partial charge < -0.3 is 14.5 Å². The van der Waals surface area contributed by atoms with Crippen LogP contribution in [0.4, 0.5) is 10.1 Å². The molecule has 3 aromatic carbocycles. The van der Waals surface area contributed by atoms with E-state index in [4.69, 9.17) is 55.6 Å². The maximum atomic E-state index is 13.3. The molecule has 1 heterocycles. The van der Waals surface area contributed by atoms with Gasteiger partial charge in [-0.1, -0.05) is 46.4 Å². The fourth-order valence-electron chi connectivity index (χ4n) is 3.16. The summed E-state index contributed by atoms with van der Waals surface area (Å²) in [5.74, 6) is -0.462. The number of carbonyl (C=O) groups is 1. The minimum atomic E-state index is -0.460. The molecule has 0 saturated carbocycles. The number of benzene rings is 3. The van der Waals surface area contributed by atoms with Crippen LogP contribution in [0.25, 0.3) is 22.6 Å². The quantitative estimate of drug-likeness (QED) is 0.286. The summed E-state index contributed by atoms with van der Waals surface area (Å²) in [5, 5.41) is 3.84. The molecule has 0 aliphatic rings. The van der Waals surface area contributed by atoms with Gasteiger partial charge in [0, 0.05) is 10.7 Å². The van der Waals surface area contributed by atoms with E-state index in [1.807, 2.05) is 0 Å². The predicted octanol–water partition coefficient (Wildman–Crippen LogP) is 7.88. The molecule has 1 N–H and O–H groups in total. The molecule has 0 aliphatic carbocycles. The van der Waals surface area contributed by atoms with Gasteiger partial charge in [-0.2, -0.15) is 0 Å². The number of nitrogens with zero attached hydrogens (tertiary/aromatic N) is 1. The molecule has 33 heavy (non-hydrogen) atoms. The third-order valence-corrected chi connectivity index (χ3v) is 6.69. The van der Waals surface area contributed by atoms with Crippen LogP contribution in [-0.2, 0) is 4.79 Å². The van der Waals surface area contributed by atoms with E-state index in [-0.39, 0.29) is 33.3 Å². The summed E-state index contributed by atoms with van der Waals surface area (Å²) in [7, 11) is 0. The van der Waals surface area contributed by atoms with E-state index < -0.39 is 11.7 Å². The molecule has 0 radical (unpaired) electrons. The number of rotatable bonds is 5. The number of ether oxygens (including phenoxy) is 1. The van der Waals surface area contributed by atoms with Gasteiger partial charge in [0.2, 0.25) is 5.89 Å². The van der Waals surface area contributed by atoms with Crippen LogP contribution >= 0.6 is 46.4 Å². The number of anilines is 1. The Hall–Kier alpha value is -2.51. The molecule has 1 amide bonds. The Kier molecular flexibility index (Phi) is 6.73. The van der Waals surface area contributed by atoms with Gasteiger partial charge >= 0.3 is 0 Å². The van der Waals surface area contributed by atoms with Crippen molar-refractivity contribution in [2.75, 3.05) is 11.9 Å². The lowest BCUT2D eigenvalue weighted by Gasteiger charge is -2.15. The van der Waals surface area contributed by atoms with Gasteiger partial charge in [-0.05, 0) is 61.4 Å². The largest absolute Gasteiger partial charge is 0.481 e. The number of carbonyl (C=O) groups excluding carboxylic acids is 1. The highest BCUT2D eigenvalue weighted by Crippen LogP contribution is 2.42. The molecule has 0 aliphatic heterocycles. The Balaban J connectivity index is 1.50. The Bertz CT molecular complexity index is 1380. The monoisotopic (exact) mass is 526 g/mol. The summed E-state index contributed by atoms with van der Waals surface area (Å²) < 4.78 is 24.6. The van der Waals surface area contributed by atoms with Crippen LogP contribution in [0.1, 0.15) is 11.1 Å². The summed E-state index contributed by atoms with van der Waals surface area (Å²) in [6, 6.07) is 8.87. The Morgan fingerprint density at radius 1 is 1.03 bits per heavy atom. The Morgan fingerprint density at radius 3 is 2.39 bits per heavy atom. The third-order valence-electron chi connectivity index (χ3n) is 4.90. The minimum Gasteiger partial charge on any atom is -0.481 e. The SMILES string of the molecule is Cc1c(Cl)c(C)c(Cl)c(OCC(=O)Nc2ccc3oc(-c4ccc(F)cc4Cl)nc3c2)c1Cl. The second kappa shape index (κ2) is 9.39. The lowest BCUT2D eigenvalue weighted by molar-refractivity contribution is -0.118. The summed E-state index contributed by atoms with van der Waals surface area (Å²) >= 11 is 24.8. The van der Waals surface area contributed by atoms with Crippen LogP contribution in [0, 0.1) is 19.7 Å². The predicted molar refractivity (Wildman–Crippen MR) is 129 cm³/mol. The van der Waals surface area contributed by atoms with E-state index in [0.29, 0.717) is 38.5 Å². The molecule has 0 unspecified atom stereocenters. The van der Waals surface area contributed by atoms with Crippen molar-refractivity contribution in [1.82, 2.24) is 4.98 Å². The number of halogens is 5. The van der Waals surface area contributed by atoms with Crippen LogP contribution < -0.4 is 10.1 Å². The number of amides is 1. The lowest BCUT2D eigenvalue weighted by Crippen LogP contribution is -2.20. The van der Waals surface area contributed by atoms with Crippen molar-refractivity contribution in [3.8, 4) is 17.2 Å². The first kappa shape index (κ1) is 23.6. The molecule has 4 aromatic rings. The first-order chi connectivity index (χ1) is 15.7. The molecular weight excluding hydrogens is 513 g/mol. The summed E-state index contributed by atoms with van der Waals surface area (Å²) in [4.78, 5) is 16.8. The van der Waals surface area contributed by atoms with Gasteiger partial charge in [-0.25, -0.2) is 9.37 Å². The highest BCUT2D eigenvalue weighted by atomic mass is 35.5. The van der Waals surface area contributed by atoms with Gasteiger partial charge in [0.25, 0.3) is 5.91 Å². The molecule has 10 heteroatoms. The summed E-state index contributed by atoms with van der Waals surface area (Å²) in [6.45, 7) is 3.15. The van der Waals surface area contributed by atoms with Gasteiger partial charge in [0.05, 0.1) is 20.6 Å². The second-order valence-corrected chi connectivity index (χ2v) is 8.72. The smallest absolute Gasteiger partial charge is 0.262 e. The topological polar surface area (TPSA) is 64.4 Å². The van der Waals surface area contributed by atoms with Crippen LogP contribution in [0.2, 0.25) is 20.1 Å². The number of oxazole rings is 1. The second-order valence-electron chi connectivity index (χ2n) is 7.18. The van der Waals surface area contributed by atoms with Gasteiger partial charge in [0.1, 0.15) is 11.3 Å². The normalized spacial score (nSPS) is 11.1. The van der Waals surface area contributed by atoms with Crippen LogP contribution in [0.15, 0.2) is 40.8 Å². The fourth-order valence-corrected chi connectivity index (χ4v) is 4.22. The molecule has 0 saturated heterocycles. The number of fused-ring (bicyclic) bond motifs is 1. The first-order valence-electron chi connectivity index (χ1n) is 9.58. The minimum absolute atomic E-state index is 0.178. The molecule has 0 spiro atoms. The number of hydrogen-bond acceptors (Lipinski definition) is 4.